The molecule has 13 heavy (non-hydrogen) atoms. The van der Waals surface area contributed by atoms with Crippen molar-refractivity contribution in [3.8, 4) is 0 Å². The van der Waals surface area contributed by atoms with Gasteiger partial charge in [0.2, 0.25) is 0 Å². The van der Waals surface area contributed by atoms with Crippen LogP contribution >= 0.6 is 0 Å². The molecule has 2 nitrogen and oxygen atoms in total. The van der Waals surface area contributed by atoms with Crippen LogP contribution < -0.4 is 0 Å². The molecule has 0 aromatic carbocycles. The summed E-state index contributed by atoms with van der Waals surface area (Å²) >= 11 is 0. The van der Waals surface area contributed by atoms with Gasteiger partial charge in [-0.2, -0.15) is 0 Å². The highest BCUT2D eigenvalue weighted by molar-refractivity contribution is 4.91. The standard InChI is InChI=1S/C11H19N2/c1-3-5-6-7-8-11-12-9-10-13(11)4-2/h9-10H,1,3-8H2,2H3. The van der Waals surface area contributed by atoms with Gasteiger partial charge in [0.15, 0.2) is 0 Å². The molecule has 0 saturated heterocycles. The average molecular weight is 179 g/mol. The molecule has 0 bridgehead atoms. The molecule has 2 heteroatoms. The maximum Gasteiger partial charge on any atom is 0.108 e. The van der Waals surface area contributed by atoms with Gasteiger partial charge >= 0.3 is 0 Å². The van der Waals surface area contributed by atoms with E-state index in [1.807, 2.05) is 6.20 Å². The van der Waals surface area contributed by atoms with Gasteiger partial charge < -0.3 is 4.57 Å². The molecule has 0 saturated carbocycles. The lowest BCUT2D eigenvalue weighted by Crippen LogP contribution is -2.00. The second-order valence-corrected chi connectivity index (χ2v) is 3.29. The van der Waals surface area contributed by atoms with Gasteiger partial charge in [-0.3, -0.25) is 0 Å². The van der Waals surface area contributed by atoms with Gasteiger partial charge in [-0.15, -0.1) is 0 Å². The van der Waals surface area contributed by atoms with Crippen LogP contribution in [0.5, 0.6) is 0 Å². The fourth-order valence-corrected chi connectivity index (χ4v) is 1.49. The van der Waals surface area contributed by atoms with Crippen LogP contribution in [-0.2, 0) is 13.0 Å². The Hall–Kier alpha value is -0.790. The predicted molar refractivity (Wildman–Crippen MR) is 55.4 cm³/mol. The minimum Gasteiger partial charge on any atom is -0.335 e. The summed E-state index contributed by atoms with van der Waals surface area (Å²) in [6, 6.07) is 0. The Morgan fingerprint density at radius 3 is 2.92 bits per heavy atom. The molecule has 0 amide bonds. The molecule has 0 fully saturated rings. The summed E-state index contributed by atoms with van der Waals surface area (Å²) in [5.41, 5.74) is 0. The Balaban J connectivity index is 2.27. The number of imidazole rings is 1. The van der Waals surface area contributed by atoms with Crippen LogP contribution in [0.25, 0.3) is 0 Å². The number of nitrogens with zero attached hydrogens (tertiary/aromatic N) is 2. The van der Waals surface area contributed by atoms with Crippen LogP contribution in [0.15, 0.2) is 12.4 Å². The van der Waals surface area contributed by atoms with Crippen LogP contribution in [0.3, 0.4) is 0 Å². The van der Waals surface area contributed by atoms with E-state index in [-0.39, 0.29) is 0 Å². The third-order valence-corrected chi connectivity index (χ3v) is 2.29. The number of unbranched alkanes of at least 4 members (excludes halogenated alkanes) is 3. The van der Waals surface area contributed by atoms with Crippen LogP contribution in [0.2, 0.25) is 0 Å². The lowest BCUT2D eigenvalue weighted by molar-refractivity contribution is 0.629. The van der Waals surface area contributed by atoms with Crippen molar-refractivity contribution in [3.05, 3.63) is 25.1 Å². The van der Waals surface area contributed by atoms with E-state index in [0.717, 1.165) is 19.4 Å². The van der Waals surface area contributed by atoms with E-state index in [2.05, 4.69) is 29.6 Å². The summed E-state index contributed by atoms with van der Waals surface area (Å²) < 4.78 is 2.21. The van der Waals surface area contributed by atoms with Gasteiger partial charge in [0, 0.05) is 25.4 Å². The minimum atomic E-state index is 1.03. The average Bonchev–Trinajstić information content (AvgIpc) is 2.60. The van der Waals surface area contributed by atoms with Crippen LogP contribution in [0, 0.1) is 6.92 Å². The number of aryl methyl sites for hydroxylation is 2. The third kappa shape index (κ3) is 3.21. The maximum atomic E-state index is 4.33. The van der Waals surface area contributed by atoms with Crippen molar-refractivity contribution in [2.45, 2.75) is 45.6 Å². The van der Waals surface area contributed by atoms with Crippen LogP contribution in [0.4, 0.5) is 0 Å². The largest absolute Gasteiger partial charge is 0.335 e. The molecule has 0 unspecified atom stereocenters. The Labute approximate surface area is 81.0 Å². The van der Waals surface area contributed by atoms with Gasteiger partial charge in [-0.25, -0.2) is 4.98 Å². The van der Waals surface area contributed by atoms with E-state index in [4.69, 9.17) is 0 Å². The molecule has 0 atom stereocenters. The quantitative estimate of drug-likeness (QED) is 0.614. The fourth-order valence-electron chi connectivity index (χ4n) is 1.49. The molecule has 0 aliphatic heterocycles. The lowest BCUT2D eigenvalue weighted by atomic mass is 10.1. The molecule has 0 aliphatic rings. The molecule has 1 heterocycles. The van der Waals surface area contributed by atoms with Gasteiger partial charge in [-0.05, 0) is 13.3 Å². The second-order valence-electron chi connectivity index (χ2n) is 3.29. The molecule has 73 valence electrons. The number of aromatic nitrogens is 2. The highest BCUT2D eigenvalue weighted by Crippen LogP contribution is 2.06. The summed E-state index contributed by atoms with van der Waals surface area (Å²) in [7, 11) is 0. The SMILES string of the molecule is [CH2]CCCCCc1nccn1CC. The first-order valence-corrected chi connectivity index (χ1v) is 5.17. The third-order valence-electron chi connectivity index (χ3n) is 2.29. The molecular formula is C11H19N2. The normalized spacial score (nSPS) is 10.6. The fraction of sp³-hybridized carbons (Fsp3) is 0.636. The van der Waals surface area contributed by atoms with Crippen molar-refractivity contribution in [2.75, 3.05) is 0 Å². The van der Waals surface area contributed by atoms with E-state index >= 15 is 0 Å². The summed E-state index contributed by atoms with van der Waals surface area (Å²) in [4.78, 5) is 4.33. The summed E-state index contributed by atoms with van der Waals surface area (Å²) in [6.45, 7) is 7.02. The van der Waals surface area contributed by atoms with Crippen molar-refractivity contribution in [1.29, 1.82) is 0 Å². The predicted octanol–water partition coefficient (Wildman–Crippen LogP) is 2.84. The highest BCUT2D eigenvalue weighted by Gasteiger charge is 1.99. The maximum absolute atomic E-state index is 4.33. The zero-order chi connectivity index (χ0) is 9.52. The number of hydrogen-bond donors (Lipinski definition) is 0. The zero-order valence-corrected chi connectivity index (χ0v) is 8.50. The first-order valence-electron chi connectivity index (χ1n) is 5.17. The topological polar surface area (TPSA) is 17.8 Å². The lowest BCUT2D eigenvalue weighted by Gasteiger charge is -2.03. The monoisotopic (exact) mass is 179 g/mol. The molecule has 1 aromatic rings. The van der Waals surface area contributed by atoms with Crippen LogP contribution in [0.1, 0.15) is 38.4 Å². The van der Waals surface area contributed by atoms with Crippen molar-refractivity contribution in [1.82, 2.24) is 9.55 Å². The van der Waals surface area contributed by atoms with E-state index in [9.17, 15) is 0 Å². The van der Waals surface area contributed by atoms with E-state index in [1.54, 1.807) is 0 Å². The highest BCUT2D eigenvalue weighted by atomic mass is 15.0. The Morgan fingerprint density at radius 2 is 2.23 bits per heavy atom. The Morgan fingerprint density at radius 1 is 1.38 bits per heavy atom. The molecule has 0 spiro atoms. The molecule has 0 N–H and O–H groups in total. The molecule has 0 aliphatic carbocycles. The molecular weight excluding hydrogens is 160 g/mol. The second kappa shape index (κ2) is 5.79. The van der Waals surface area contributed by atoms with Gasteiger partial charge in [0.1, 0.15) is 5.82 Å². The minimum absolute atomic E-state index is 1.03. The first-order chi connectivity index (χ1) is 6.38. The van der Waals surface area contributed by atoms with Crippen molar-refractivity contribution < 1.29 is 0 Å². The Kier molecular flexibility index (Phi) is 4.58. The van der Waals surface area contributed by atoms with Crippen molar-refractivity contribution >= 4 is 0 Å². The van der Waals surface area contributed by atoms with Crippen molar-refractivity contribution in [2.24, 2.45) is 0 Å². The zero-order valence-electron chi connectivity index (χ0n) is 8.50. The van der Waals surface area contributed by atoms with E-state index in [0.29, 0.717) is 0 Å². The van der Waals surface area contributed by atoms with Crippen LogP contribution in [-0.4, -0.2) is 9.55 Å². The summed E-state index contributed by atoms with van der Waals surface area (Å²) in [5, 5.41) is 0. The number of hydrogen-bond acceptors (Lipinski definition) is 1. The van der Waals surface area contributed by atoms with Crippen molar-refractivity contribution in [3.63, 3.8) is 0 Å². The molecule has 1 rings (SSSR count). The van der Waals surface area contributed by atoms with Gasteiger partial charge in [0.05, 0.1) is 0 Å². The molecule has 1 aromatic heterocycles. The van der Waals surface area contributed by atoms with E-state index < -0.39 is 0 Å². The first kappa shape index (κ1) is 10.3. The van der Waals surface area contributed by atoms with Gasteiger partial charge in [-0.1, -0.05) is 26.2 Å². The number of rotatable bonds is 6. The Bertz CT molecular complexity index is 228. The molecule has 1 radical (unpaired) electrons. The smallest absolute Gasteiger partial charge is 0.108 e. The van der Waals surface area contributed by atoms with E-state index in [1.165, 1.54) is 25.1 Å². The summed E-state index contributed by atoms with van der Waals surface area (Å²) in [5.74, 6) is 1.23. The summed E-state index contributed by atoms with van der Waals surface area (Å²) in [6.07, 6.45) is 9.87. The van der Waals surface area contributed by atoms with Gasteiger partial charge in [0.25, 0.3) is 0 Å².